The van der Waals surface area contributed by atoms with Crippen molar-refractivity contribution in [3.8, 4) is 0 Å². The van der Waals surface area contributed by atoms with Gasteiger partial charge < -0.3 is 30.6 Å². The molecule has 0 rings (SSSR count). The van der Waals surface area contributed by atoms with Crippen molar-refractivity contribution in [3.63, 3.8) is 0 Å². The molecule has 0 aromatic rings. The molecule has 0 aromatic heterocycles. The van der Waals surface area contributed by atoms with E-state index in [2.05, 4.69) is 0 Å². The first kappa shape index (κ1) is 22.6. The average Bonchev–Trinajstić information content (AvgIpc) is 1.25. The van der Waals surface area contributed by atoms with Gasteiger partial charge in [0.15, 0.2) is 0 Å². The second-order valence-corrected chi connectivity index (χ2v) is 0.447. The van der Waals surface area contributed by atoms with Gasteiger partial charge in [-0.1, -0.05) is 0 Å². The van der Waals surface area contributed by atoms with Crippen LogP contribution in [-0.4, -0.2) is 33.2 Å². The quantitative estimate of drug-likeness (QED) is 0.277. The zero-order valence-electron chi connectivity index (χ0n) is 4.05. The van der Waals surface area contributed by atoms with Crippen molar-refractivity contribution >= 4 is 23.1 Å². The maximum Gasteiger partial charge on any atom is 2.00 e. The average molecular weight is 216 g/mol. The summed E-state index contributed by atoms with van der Waals surface area (Å²) >= 11 is 0. The summed E-state index contributed by atoms with van der Waals surface area (Å²) in [6, 6.07) is 0. The SMILES string of the molecule is O=[N+]([O-])[O-].O=[N+]([O-])[O-].[MgH2].[Zn+2]. The Bertz CT molecular complexity index is 73.7. The number of nitrogens with zero attached hydrogens (tertiary/aromatic N) is 2. The van der Waals surface area contributed by atoms with E-state index >= 15 is 0 Å². The summed E-state index contributed by atoms with van der Waals surface area (Å²) in [6.45, 7) is 0. The van der Waals surface area contributed by atoms with Gasteiger partial charge in [-0.05, 0) is 0 Å². The molecule has 0 radical (unpaired) electrons. The van der Waals surface area contributed by atoms with Crippen LogP contribution in [0.5, 0.6) is 0 Å². The molecule has 0 aliphatic heterocycles. The predicted octanol–water partition coefficient (Wildman–Crippen LogP) is -1.40. The summed E-state index contributed by atoms with van der Waals surface area (Å²) in [5.74, 6) is 0. The Morgan fingerprint density at radius 1 is 0.800 bits per heavy atom. The summed E-state index contributed by atoms with van der Waals surface area (Å²) in [5, 5.41) is 29.5. The van der Waals surface area contributed by atoms with Gasteiger partial charge in [-0.15, -0.1) is 0 Å². The van der Waals surface area contributed by atoms with E-state index < -0.39 is 10.2 Å². The summed E-state index contributed by atoms with van der Waals surface area (Å²) in [4.78, 5) is 16.5. The van der Waals surface area contributed by atoms with Gasteiger partial charge in [0.2, 0.25) is 0 Å². The molecular formula is H2MgN2O6Zn. The predicted molar refractivity (Wildman–Crippen MR) is 29.3 cm³/mol. The van der Waals surface area contributed by atoms with E-state index in [0.29, 0.717) is 0 Å². The van der Waals surface area contributed by atoms with Gasteiger partial charge in [0.1, 0.15) is 0 Å². The maximum atomic E-state index is 8.25. The van der Waals surface area contributed by atoms with Gasteiger partial charge in [-0.25, -0.2) is 0 Å². The number of hydrogen-bond acceptors (Lipinski definition) is 6. The van der Waals surface area contributed by atoms with E-state index in [-0.39, 0.29) is 42.5 Å². The van der Waals surface area contributed by atoms with E-state index in [0.717, 1.165) is 0 Å². The molecule has 0 fully saturated rings. The van der Waals surface area contributed by atoms with Crippen LogP contribution in [0.3, 0.4) is 0 Å². The largest absolute Gasteiger partial charge is 2.00 e. The third-order valence-electron chi connectivity index (χ3n) is 0. The molecule has 0 saturated carbocycles. The molecule has 0 bridgehead atoms. The third kappa shape index (κ3) is 8110. The molecule has 0 unspecified atom stereocenters. The van der Waals surface area contributed by atoms with Crippen LogP contribution in [0.15, 0.2) is 0 Å². The summed E-state index contributed by atoms with van der Waals surface area (Å²) < 4.78 is 0. The number of hydrogen-bond donors (Lipinski definition) is 0. The van der Waals surface area contributed by atoms with Crippen molar-refractivity contribution in [2.45, 2.75) is 0 Å². The molecule has 0 aromatic carbocycles. The monoisotopic (exact) mass is 214 g/mol. The molecule has 10 heavy (non-hydrogen) atoms. The second kappa shape index (κ2) is 15.9. The van der Waals surface area contributed by atoms with Gasteiger partial charge in [-0.3, -0.25) is 0 Å². The van der Waals surface area contributed by atoms with Crippen molar-refractivity contribution in [1.82, 2.24) is 0 Å². The molecule has 0 aliphatic carbocycles. The van der Waals surface area contributed by atoms with Crippen LogP contribution in [0.1, 0.15) is 0 Å². The van der Waals surface area contributed by atoms with Crippen LogP contribution in [-0.2, 0) is 19.5 Å². The first-order chi connectivity index (χ1) is 3.46. The van der Waals surface area contributed by atoms with Crippen LogP contribution in [0, 0.1) is 30.6 Å². The molecule has 10 heteroatoms. The Morgan fingerprint density at radius 2 is 0.800 bits per heavy atom. The Balaban J connectivity index is -0.0000000300. The van der Waals surface area contributed by atoms with E-state index in [9.17, 15) is 0 Å². The Hall–Kier alpha value is -0.210. The first-order valence-corrected chi connectivity index (χ1v) is 1.10. The smallest absolute Gasteiger partial charge is 0.356 e. The molecule has 8 nitrogen and oxygen atoms in total. The zero-order chi connectivity index (χ0) is 7.15. The minimum absolute atomic E-state index is 0. The second-order valence-electron chi connectivity index (χ2n) is 0.447. The summed E-state index contributed by atoms with van der Waals surface area (Å²) in [7, 11) is 0. The van der Waals surface area contributed by atoms with Gasteiger partial charge in [0, 0.05) is 0 Å². The molecule has 0 aliphatic rings. The Kier molecular flexibility index (Phi) is 35.9. The van der Waals surface area contributed by atoms with E-state index in [1.165, 1.54) is 0 Å². The zero-order valence-corrected chi connectivity index (χ0v) is 7.02. The topological polar surface area (TPSA) is 132 Å². The van der Waals surface area contributed by atoms with Crippen LogP contribution in [0.2, 0.25) is 0 Å². The van der Waals surface area contributed by atoms with Crippen LogP contribution in [0.4, 0.5) is 0 Å². The molecule has 0 amide bonds. The molecular weight excluding hydrogens is 214 g/mol. The number of rotatable bonds is 0. The maximum absolute atomic E-state index is 8.25. The van der Waals surface area contributed by atoms with E-state index in [1.807, 2.05) is 0 Å². The molecule has 52 valence electrons. The Morgan fingerprint density at radius 3 is 0.800 bits per heavy atom. The van der Waals surface area contributed by atoms with Gasteiger partial charge in [-0.2, -0.15) is 0 Å². The van der Waals surface area contributed by atoms with Crippen LogP contribution < -0.4 is 0 Å². The summed E-state index contributed by atoms with van der Waals surface area (Å²) in [6.07, 6.45) is 0. The van der Waals surface area contributed by atoms with Crippen molar-refractivity contribution in [2.24, 2.45) is 0 Å². The van der Waals surface area contributed by atoms with Crippen molar-refractivity contribution in [1.29, 1.82) is 0 Å². The van der Waals surface area contributed by atoms with Gasteiger partial charge in [0.05, 0.1) is 10.2 Å². The molecule has 0 heterocycles. The molecule has 0 spiro atoms. The fourth-order valence-corrected chi connectivity index (χ4v) is 0. The first-order valence-electron chi connectivity index (χ1n) is 1.10. The van der Waals surface area contributed by atoms with Crippen molar-refractivity contribution < 1.29 is 29.7 Å². The van der Waals surface area contributed by atoms with Gasteiger partial charge in [0.25, 0.3) is 0 Å². The fraction of sp³-hybridized carbons (Fsp3) is 0. The fourth-order valence-electron chi connectivity index (χ4n) is 0. The standard InChI is InChI=1S/Mg.2NO3.Zn.2H/c;2*2-1(3)4;;;/q;2*-1;+2;;. The van der Waals surface area contributed by atoms with Crippen LogP contribution >= 0.6 is 0 Å². The molecule has 0 N–H and O–H groups in total. The minimum atomic E-state index is -1.75. The molecule has 0 atom stereocenters. The van der Waals surface area contributed by atoms with Crippen LogP contribution in [0.25, 0.3) is 0 Å². The van der Waals surface area contributed by atoms with Crippen molar-refractivity contribution in [3.05, 3.63) is 30.6 Å². The van der Waals surface area contributed by atoms with Gasteiger partial charge >= 0.3 is 42.5 Å². The minimum Gasteiger partial charge on any atom is -0.356 e. The third-order valence-corrected chi connectivity index (χ3v) is 0. The van der Waals surface area contributed by atoms with E-state index in [1.54, 1.807) is 0 Å². The Labute approximate surface area is 83.3 Å². The summed E-state index contributed by atoms with van der Waals surface area (Å²) in [5.41, 5.74) is 0. The molecule has 0 saturated heterocycles. The van der Waals surface area contributed by atoms with Crippen molar-refractivity contribution in [2.75, 3.05) is 0 Å². The van der Waals surface area contributed by atoms with E-state index in [4.69, 9.17) is 30.6 Å². The normalized spacial score (nSPS) is 4.80.